The van der Waals surface area contributed by atoms with Gasteiger partial charge in [0.05, 0.1) is 0 Å². The second-order valence-corrected chi connectivity index (χ2v) is 7.23. The Kier molecular flexibility index (Phi) is 6.32. The summed E-state index contributed by atoms with van der Waals surface area (Å²) >= 11 is 7.57. The molecule has 0 bridgehead atoms. The maximum Gasteiger partial charge on any atom is 0.159 e. The summed E-state index contributed by atoms with van der Waals surface area (Å²) in [7, 11) is 4.01. The zero-order valence-electron chi connectivity index (χ0n) is 13.3. The van der Waals surface area contributed by atoms with Crippen molar-refractivity contribution in [3.63, 3.8) is 0 Å². The highest BCUT2D eigenvalue weighted by Crippen LogP contribution is 2.46. The average molecular weight is 388 g/mol. The Labute approximate surface area is 156 Å². The molecule has 1 nitrogen and oxygen atoms in total. The summed E-state index contributed by atoms with van der Waals surface area (Å²) < 4.78 is 27.3. The molecule has 2 aromatic carbocycles. The van der Waals surface area contributed by atoms with E-state index in [-0.39, 0.29) is 12.4 Å². The molecule has 1 heterocycles. The molecule has 128 valence electrons. The molecule has 0 saturated heterocycles. The Bertz CT molecular complexity index is 791. The second-order valence-electron chi connectivity index (χ2n) is 5.71. The van der Waals surface area contributed by atoms with Gasteiger partial charge < -0.3 is 4.90 Å². The third-order valence-electron chi connectivity index (χ3n) is 3.69. The van der Waals surface area contributed by atoms with Crippen molar-refractivity contribution in [2.75, 3.05) is 20.6 Å². The van der Waals surface area contributed by atoms with Gasteiger partial charge in [0.15, 0.2) is 11.6 Å². The maximum absolute atomic E-state index is 13.7. The standard InChI is InChI=1S/C18H16ClF2NS.ClH/c1-22(2)7-3-4-12-13-8-11(19)5-6-17(13)23-18-10-16(21)15(20)9-14(12)18;/h4-6,8-10H,3,7H2,1-2H3;1H/b12-4+;. The molecule has 0 radical (unpaired) electrons. The summed E-state index contributed by atoms with van der Waals surface area (Å²) in [5.74, 6) is -1.64. The van der Waals surface area contributed by atoms with Gasteiger partial charge in [0.1, 0.15) is 0 Å². The van der Waals surface area contributed by atoms with Crippen LogP contribution in [0.25, 0.3) is 5.57 Å². The van der Waals surface area contributed by atoms with Crippen LogP contribution >= 0.6 is 35.8 Å². The summed E-state index contributed by atoms with van der Waals surface area (Å²) in [6.07, 6.45) is 2.89. The highest BCUT2D eigenvalue weighted by molar-refractivity contribution is 7.99. The lowest BCUT2D eigenvalue weighted by Crippen LogP contribution is -2.12. The van der Waals surface area contributed by atoms with E-state index in [4.69, 9.17) is 11.6 Å². The first-order valence-electron chi connectivity index (χ1n) is 7.28. The van der Waals surface area contributed by atoms with Crippen molar-refractivity contribution in [1.82, 2.24) is 4.90 Å². The Morgan fingerprint density at radius 3 is 2.42 bits per heavy atom. The zero-order chi connectivity index (χ0) is 16.6. The fraction of sp³-hybridized carbons (Fsp3) is 0.222. The highest BCUT2D eigenvalue weighted by Gasteiger charge is 2.23. The van der Waals surface area contributed by atoms with Crippen molar-refractivity contribution in [2.45, 2.75) is 16.2 Å². The van der Waals surface area contributed by atoms with Crippen LogP contribution in [-0.2, 0) is 0 Å². The first-order valence-corrected chi connectivity index (χ1v) is 8.47. The molecular weight excluding hydrogens is 371 g/mol. The molecule has 0 aliphatic carbocycles. The molecule has 0 N–H and O–H groups in total. The lowest BCUT2D eigenvalue weighted by atomic mass is 9.95. The van der Waals surface area contributed by atoms with Gasteiger partial charge in [-0.1, -0.05) is 29.4 Å². The van der Waals surface area contributed by atoms with Gasteiger partial charge in [-0.2, -0.15) is 0 Å². The molecular formula is C18H17Cl2F2NS. The van der Waals surface area contributed by atoms with Crippen molar-refractivity contribution in [3.8, 4) is 0 Å². The molecule has 0 atom stereocenters. The van der Waals surface area contributed by atoms with Gasteiger partial charge in [-0.3, -0.25) is 0 Å². The topological polar surface area (TPSA) is 3.24 Å². The van der Waals surface area contributed by atoms with Crippen LogP contribution in [-0.4, -0.2) is 25.5 Å². The van der Waals surface area contributed by atoms with Crippen LogP contribution < -0.4 is 0 Å². The van der Waals surface area contributed by atoms with Gasteiger partial charge >= 0.3 is 0 Å². The Balaban J connectivity index is 0.00000208. The zero-order valence-corrected chi connectivity index (χ0v) is 15.7. The van der Waals surface area contributed by atoms with E-state index >= 15 is 0 Å². The van der Waals surface area contributed by atoms with Crippen molar-refractivity contribution in [1.29, 1.82) is 0 Å². The molecule has 6 heteroatoms. The SMILES string of the molecule is CN(C)CC/C=C1\c2cc(Cl)ccc2Sc2cc(F)c(F)cc21.Cl. The largest absolute Gasteiger partial charge is 0.309 e. The van der Waals surface area contributed by atoms with E-state index in [1.54, 1.807) is 0 Å². The van der Waals surface area contributed by atoms with Gasteiger partial charge in [0.25, 0.3) is 0 Å². The van der Waals surface area contributed by atoms with Crippen molar-refractivity contribution < 1.29 is 8.78 Å². The van der Waals surface area contributed by atoms with Crippen LogP contribution in [0.5, 0.6) is 0 Å². The predicted octanol–water partition coefficient (Wildman–Crippen LogP) is 5.89. The Hall–Kier alpha value is -1.07. The fourth-order valence-electron chi connectivity index (χ4n) is 2.58. The molecule has 0 unspecified atom stereocenters. The van der Waals surface area contributed by atoms with E-state index < -0.39 is 11.6 Å². The number of nitrogens with zero attached hydrogens (tertiary/aromatic N) is 1. The molecule has 0 spiro atoms. The van der Waals surface area contributed by atoms with E-state index in [1.807, 2.05) is 32.3 Å². The van der Waals surface area contributed by atoms with Crippen LogP contribution in [0.15, 0.2) is 46.2 Å². The number of halogens is 4. The van der Waals surface area contributed by atoms with E-state index in [9.17, 15) is 8.78 Å². The Morgan fingerprint density at radius 1 is 1.04 bits per heavy atom. The van der Waals surface area contributed by atoms with Crippen molar-refractivity contribution in [3.05, 3.63) is 64.2 Å². The van der Waals surface area contributed by atoms with E-state index in [0.29, 0.717) is 5.02 Å². The van der Waals surface area contributed by atoms with E-state index in [1.165, 1.54) is 23.9 Å². The van der Waals surface area contributed by atoms with Gasteiger partial charge in [-0.15, -0.1) is 12.4 Å². The van der Waals surface area contributed by atoms with Crippen molar-refractivity contribution >= 4 is 41.3 Å². The number of rotatable bonds is 3. The first-order chi connectivity index (χ1) is 11.0. The van der Waals surface area contributed by atoms with Gasteiger partial charge in [-0.05, 0) is 67.5 Å². The van der Waals surface area contributed by atoms with Crippen LogP contribution in [0, 0.1) is 11.6 Å². The molecule has 24 heavy (non-hydrogen) atoms. The first kappa shape index (κ1) is 19.3. The van der Waals surface area contributed by atoms with Crippen LogP contribution in [0.4, 0.5) is 8.78 Å². The van der Waals surface area contributed by atoms with Crippen LogP contribution in [0.2, 0.25) is 5.02 Å². The van der Waals surface area contributed by atoms with Gasteiger partial charge in [0, 0.05) is 21.4 Å². The lowest BCUT2D eigenvalue weighted by molar-refractivity contribution is 0.417. The average Bonchev–Trinajstić information content (AvgIpc) is 2.49. The summed E-state index contributed by atoms with van der Waals surface area (Å²) in [6.45, 7) is 0.881. The lowest BCUT2D eigenvalue weighted by Gasteiger charge is -2.23. The van der Waals surface area contributed by atoms with Crippen LogP contribution in [0.3, 0.4) is 0 Å². The molecule has 1 aliphatic heterocycles. The second kappa shape index (κ2) is 7.87. The van der Waals surface area contributed by atoms with Crippen LogP contribution in [0.1, 0.15) is 17.5 Å². The molecule has 0 saturated carbocycles. The smallest absolute Gasteiger partial charge is 0.159 e. The summed E-state index contributed by atoms with van der Waals surface area (Å²) in [4.78, 5) is 3.82. The fourth-order valence-corrected chi connectivity index (χ4v) is 3.84. The monoisotopic (exact) mass is 387 g/mol. The minimum absolute atomic E-state index is 0. The molecule has 0 fully saturated rings. The normalized spacial score (nSPS) is 14.3. The number of hydrogen-bond donors (Lipinski definition) is 0. The molecule has 1 aliphatic rings. The highest BCUT2D eigenvalue weighted by atomic mass is 35.5. The molecule has 0 aromatic heterocycles. The summed E-state index contributed by atoms with van der Waals surface area (Å²) in [5.41, 5.74) is 2.61. The molecule has 0 amide bonds. The van der Waals surface area contributed by atoms with E-state index in [0.717, 1.165) is 39.5 Å². The summed E-state index contributed by atoms with van der Waals surface area (Å²) in [5, 5.41) is 0.633. The minimum Gasteiger partial charge on any atom is -0.309 e. The van der Waals surface area contributed by atoms with Gasteiger partial charge in [-0.25, -0.2) is 8.78 Å². The van der Waals surface area contributed by atoms with Crippen molar-refractivity contribution in [2.24, 2.45) is 0 Å². The minimum atomic E-state index is -0.826. The third kappa shape index (κ3) is 3.94. The number of hydrogen-bond acceptors (Lipinski definition) is 2. The van der Waals surface area contributed by atoms with Gasteiger partial charge in [0.2, 0.25) is 0 Å². The third-order valence-corrected chi connectivity index (χ3v) is 5.06. The number of fused-ring (bicyclic) bond motifs is 2. The van der Waals surface area contributed by atoms with E-state index in [2.05, 4.69) is 11.0 Å². The quantitative estimate of drug-likeness (QED) is 0.551. The summed E-state index contributed by atoms with van der Waals surface area (Å²) in [6, 6.07) is 8.17. The molecule has 3 rings (SSSR count). The number of benzene rings is 2. The molecule has 2 aromatic rings. The maximum atomic E-state index is 13.7. The Morgan fingerprint density at radius 2 is 1.71 bits per heavy atom. The predicted molar refractivity (Wildman–Crippen MR) is 99.4 cm³/mol.